The third-order valence-electron chi connectivity index (χ3n) is 3.95. The number of aromatic nitrogens is 3. The van der Waals surface area contributed by atoms with Crippen molar-refractivity contribution in [3.63, 3.8) is 0 Å². The van der Waals surface area contributed by atoms with Gasteiger partial charge in [-0.05, 0) is 17.7 Å². The topological polar surface area (TPSA) is 73.0 Å². The molecule has 0 saturated carbocycles. The fourth-order valence-corrected chi connectivity index (χ4v) is 2.61. The van der Waals surface area contributed by atoms with Crippen LogP contribution in [0.2, 0.25) is 0 Å². The van der Waals surface area contributed by atoms with Crippen molar-refractivity contribution >= 4 is 11.6 Å². The standard InChI is InChI=1S/C20H15FN4O2/c21-16-8-6-14(7-9-16)12-25-13-17(11-22-25)23-20(26)18-10-19(27-24-18)15-4-2-1-3-5-15/h1-11,13H,12H2,(H,23,26). The Kier molecular flexibility index (Phi) is 4.49. The minimum atomic E-state index is -0.387. The van der Waals surface area contributed by atoms with Crippen molar-refractivity contribution < 1.29 is 13.7 Å². The number of carbonyl (C=O) groups excluding carboxylic acids is 1. The number of rotatable bonds is 5. The Bertz CT molecular complexity index is 1060. The van der Waals surface area contributed by atoms with E-state index in [9.17, 15) is 9.18 Å². The summed E-state index contributed by atoms with van der Waals surface area (Å²) >= 11 is 0. The summed E-state index contributed by atoms with van der Waals surface area (Å²) < 4.78 is 19.9. The molecule has 4 rings (SSSR count). The highest BCUT2D eigenvalue weighted by Gasteiger charge is 2.14. The number of anilines is 1. The van der Waals surface area contributed by atoms with Gasteiger partial charge in [0.25, 0.3) is 5.91 Å². The lowest BCUT2D eigenvalue weighted by atomic mass is 10.1. The minimum Gasteiger partial charge on any atom is -0.355 e. The lowest BCUT2D eigenvalue weighted by Crippen LogP contribution is -2.11. The van der Waals surface area contributed by atoms with E-state index >= 15 is 0 Å². The van der Waals surface area contributed by atoms with Gasteiger partial charge in [0.2, 0.25) is 0 Å². The summed E-state index contributed by atoms with van der Waals surface area (Å²) in [6, 6.07) is 17.2. The number of hydrogen-bond donors (Lipinski definition) is 1. The van der Waals surface area contributed by atoms with Crippen LogP contribution in [0.4, 0.5) is 10.1 Å². The molecule has 134 valence electrons. The van der Waals surface area contributed by atoms with Crippen LogP contribution in [0, 0.1) is 5.82 Å². The maximum absolute atomic E-state index is 13.0. The third kappa shape index (κ3) is 3.92. The molecule has 0 aliphatic heterocycles. The van der Waals surface area contributed by atoms with Crippen LogP contribution in [-0.2, 0) is 6.54 Å². The van der Waals surface area contributed by atoms with Gasteiger partial charge in [-0.15, -0.1) is 0 Å². The summed E-state index contributed by atoms with van der Waals surface area (Å²) in [6.45, 7) is 0.471. The smallest absolute Gasteiger partial charge is 0.277 e. The SMILES string of the molecule is O=C(Nc1cnn(Cc2ccc(F)cc2)c1)c1cc(-c2ccccc2)on1. The number of amides is 1. The summed E-state index contributed by atoms with van der Waals surface area (Å²) in [5.41, 5.74) is 2.46. The first kappa shape index (κ1) is 16.7. The molecule has 0 fully saturated rings. The zero-order valence-electron chi connectivity index (χ0n) is 14.2. The molecule has 0 bridgehead atoms. The van der Waals surface area contributed by atoms with Crippen LogP contribution >= 0.6 is 0 Å². The highest BCUT2D eigenvalue weighted by Crippen LogP contribution is 2.20. The number of nitrogens with one attached hydrogen (secondary N) is 1. The van der Waals surface area contributed by atoms with Crippen LogP contribution in [0.3, 0.4) is 0 Å². The molecule has 0 unspecified atom stereocenters. The predicted molar refractivity (Wildman–Crippen MR) is 97.6 cm³/mol. The predicted octanol–water partition coefficient (Wildman–Crippen LogP) is 3.98. The molecule has 1 N–H and O–H groups in total. The van der Waals surface area contributed by atoms with Gasteiger partial charge in [0.15, 0.2) is 11.5 Å². The summed E-state index contributed by atoms with van der Waals surface area (Å²) in [5, 5.41) is 10.8. The van der Waals surface area contributed by atoms with Gasteiger partial charge in [-0.2, -0.15) is 5.10 Å². The molecule has 6 nitrogen and oxygen atoms in total. The van der Waals surface area contributed by atoms with E-state index in [0.717, 1.165) is 11.1 Å². The third-order valence-corrected chi connectivity index (χ3v) is 3.95. The number of nitrogens with zero attached hydrogens (tertiary/aromatic N) is 3. The average molecular weight is 362 g/mol. The second kappa shape index (κ2) is 7.25. The van der Waals surface area contributed by atoms with Gasteiger partial charge in [0.1, 0.15) is 5.82 Å². The van der Waals surface area contributed by atoms with Gasteiger partial charge < -0.3 is 9.84 Å². The highest BCUT2D eigenvalue weighted by atomic mass is 19.1. The van der Waals surface area contributed by atoms with Crippen molar-refractivity contribution in [2.45, 2.75) is 6.54 Å². The Morgan fingerprint density at radius 1 is 1.11 bits per heavy atom. The monoisotopic (exact) mass is 362 g/mol. The summed E-state index contributed by atoms with van der Waals surface area (Å²) in [5.74, 6) is -0.148. The van der Waals surface area contributed by atoms with Gasteiger partial charge in [-0.3, -0.25) is 9.48 Å². The van der Waals surface area contributed by atoms with E-state index in [1.807, 2.05) is 30.3 Å². The molecule has 2 aromatic heterocycles. The Morgan fingerprint density at radius 3 is 2.67 bits per heavy atom. The molecule has 0 aliphatic carbocycles. The Hall–Kier alpha value is -3.74. The average Bonchev–Trinajstić information content (AvgIpc) is 3.34. The summed E-state index contributed by atoms with van der Waals surface area (Å²) in [7, 11) is 0. The summed E-state index contributed by atoms with van der Waals surface area (Å²) in [6.07, 6.45) is 3.24. The van der Waals surface area contributed by atoms with Crippen molar-refractivity contribution in [1.82, 2.24) is 14.9 Å². The van der Waals surface area contributed by atoms with E-state index in [0.29, 0.717) is 18.0 Å². The van der Waals surface area contributed by atoms with Gasteiger partial charge in [-0.1, -0.05) is 47.6 Å². The van der Waals surface area contributed by atoms with Crippen molar-refractivity contribution in [3.05, 3.63) is 90.1 Å². The van der Waals surface area contributed by atoms with Crippen LogP contribution < -0.4 is 5.32 Å². The molecular weight excluding hydrogens is 347 g/mol. The molecule has 2 heterocycles. The van der Waals surface area contributed by atoms with E-state index in [4.69, 9.17) is 4.52 Å². The first-order chi connectivity index (χ1) is 13.2. The molecule has 0 saturated heterocycles. The number of hydrogen-bond acceptors (Lipinski definition) is 4. The normalized spacial score (nSPS) is 10.7. The van der Waals surface area contributed by atoms with E-state index in [-0.39, 0.29) is 17.4 Å². The zero-order valence-corrected chi connectivity index (χ0v) is 14.2. The molecule has 27 heavy (non-hydrogen) atoms. The first-order valence-corrected chi connectivity index (χ1v) is 8.28. The highest BCUT2D eigenvalue weighted by molar-refractivity contribution is 6.03. The second-order valence-electron chi connectivity index (χ2n) is 5.95. The Balaban J connectivity index is 1.42. The molecule has 0 aliphatic rings. The van der Waals surface area contributed by atoms with E-state index < -0.39 is 0 Å². The van der Waals surface area contributed by atoms with Crippen molar-refractivity contribution in [2.75, 3.05) is 5.32 Å². The molecule has 2 aromatic carbocycles. The largest absolute Gasteiger partial charge is 0.355 e. The lowest BCUT2D eigenvalue weighted by molar-refractivity contribution is 0.101. The van der Waals surface area contributed by atoms with Gasteiger partial charge in [0, 0.05) is 17.8 Å². The lowest BCUT2D eigenvalue weighted by Gasteiger charge is -2.01. The van der Waals surface area contributed by atoms with Gasteiger partial charge in [0.05, 0.1) is 18.4 Å². The molecule has 0 spiro atoms. The molecule has 0 radical (unpaired) electrons. The molecule has 4 aromatic rings. The van der Waals surface area contributed by atoms with Crippen molar-refractivity contribution in [2.24, 2.45) is 0 Å². The molecule has 7 heteroatoms. The minimum absolute atomic E-state index is 0.181. The van der Waals surface area contributed by atoms with Crippen molar-refractivity contribution in [3.8, 4) is 11.3 Å². The van der Waals surface area contributed by atoms with Gasteiger partial charge >= 0.3 is 0 Å². The van der Waals surface area contributed by atoms with Crippen LogP contribution in [-0.4, -0.2) is 20.8 Å². The number of halogens is 1. The van der Waals surface area contributed by atoms with E-state index in [1.165, 1.54) is 12.1 Å². The molecule has 0 atom stereocenters. The summed E-state index contributed by atoms with van der Waals surface area (Å²) in [4.78, 5) is 12.4. The molecular formula is C20H15FN4O2. The van der Waals surface area contributed by atoms with E-state index in [2.05, 4.69) is 15.6 Å². The first-order valence-electron chi connectivity index (χ1n) is 8.28. The maximum atomic E-state index is 13.0. The van der Waals surface area contributed by atoms with Gasteiger partial charge in [-0.25, -0.2) is 4.39 Å². The number of benzene rings is 2. The quantitative estimate of drug-likeness (QED) is 0.583. The van der Waals surface area contributed by atoms with Crippen LogP contribution in [0.15, 0.2) is 77.6 Å². The Morgan fingerprint density at radius 2 is 1.89 bits per heavy atom. The van der Waals surface area contributed by atoms with Crippen LogP contribution in [0.25, 0.3) is 11.3 Å². The Labute approximate surface area is 154 Å². The zero-order chi connectivity index (χ0) is 18.6. The number of carbonyl (C=O) groups is 1. The fraction of sp³-hybridized carbons (Fsp3) is 0.0500. The maximum Gasteiger partial charge on any atom is 0.277 e. The van der Waals surface area contributed by atoms with Crippen LogP contribution in [0.5, 0.6) is 0 Å². The fourth-order valence-electron chi connectivity index (χ4n) is 2.61. The van der Waals surface area contributed by atoms with Crippen LogP contribution in [0.1, 0.15) is 16.1 Å². The second-order valence-corrected chi connectivity index (χ2v) is 5.95. The molecule has 1 amide bonds. The van der Waals surface area contributed by atoms with E-state index in [1.54, 1.807) is 35.3 Å². The van der Waals surface area contributed by atoms with Crippen molar-refractivity contribution in [1.29, 1.82) is 0 Å².